The molecule has 2 atom stereocenters. The first-order valence-corrected chi connectivity index (χ1v) is 6.85. The quantitative estimate of drug-likeness (QED) is 0.814. The summed E-state index contributed by atoms with van der Waals surface area (Å²) in [4.78, 5) is 0. The fourth-order valence-corrected chi connectivity index (χ4v) is 2.48. The minimum atomic E-state index is 0.557. The predicted octanol–water partition coefficient (Wildman–Crippen LogP) is 2.35. The second-order valence-electron chi connectivity index (χ2n) is 5.15. The van der Waals surface area contributed by atoms with Gasteiger partial charge in [0.25, 0.3) is 0 Å². The van der Waals surface area contributed by atoms with Crippen molar-refractivity contribution in [3.05, 3.63) is 35.9 Å². The van der Waals surface area contributed by atoms with Crippen molar-refractivity contribution in [2.45, 2.75) is 44.7 Å². The predicted molar refractivity (Wildman–Crippen MR) is 73.3 cm³/mol. The molecule has 0 bridgehead atoms. The first kappa shape index (κ1) is 12.6. The molecule has 2 unspecified atom stereocenters. The molecule has 0 aromatic heterocycles. The van der Waals surface area contributed by atoms with E-state index in [0.29, 0.717) is 12.1 Å². The van der Waals surface area contributed by atoms with Gasteiger partial charge < -0.3 is 10.6 Å². The Morgan fingerprint density at radius 1 is 1.29 bits per heavy atom. The van der Waals surface area contributed by atoms with Gasteiger partial charge in [0.05, 0.1) is 0 Å². The molecular formula is C15H24N2. The molecule has 2 N–H and O–H groups in total. The zero-order valence-electron chi connectivity index (χ0n) is 10.8. The van der Waals surface area contributed by atoms with Gasteiger partial charge in [-0.2, -0.15) is 0 Å². The maximum absolute atomic E-state index is 3.64. The Labute approximate surface area is 105 Å². The number of hydrogen-bond donors (Lipinski definition) is 2. The molecule has 2 nitrogen and oxygen atoms in total. The Kier molecular flexibility index (Phi) is 5.02. The Morgan fingerprint density at radius 3 is 2.82 bits per heavy atom. The lowest BCUT2D eigenvalue weighted by Crippen LogP contribution is -2.44. The molecule has 1 aromatic carbocycles. The van der Waals surface area contributed by atoms with Crippen LogP contribution in [0, 0.1) is 0 Å². The van der Waals surface area contributed by atoms with E-state index in [1.165, 1.54) is 31.4 Å². The lowest BCUT2D eigenvalue weighted by Gasteiger charge is -2.25. The zero-order chi connectivity index (χ0) is 11.9. The fraction of sp³-hybridized carbons (Fsp3) is 0.600. The minimum Gasteiger partial charge on any atom is -0.313 e. The number of nitrogens with one attached hydrogen (secondary N) is 2. The lowest BCUT2D eigenvalue weighted by molar-refractivity contribution is 0.369. The van der Waals surface area contributed by atoms with Crippen LogP contribution in [0.3, 0.4) is 0 Å². The van der Waals surface area contributed by atoms with Crippen molar-refractivity contribution < 1.29 is 0 Å². The van der Waals surface area contributed by atoms with Crippen molar-refractivity contribution in [2.75, 3.05) is 13.1 Å². The van der Waals surface area contributed by atoms with Gasteiger partial charge in [-0.25, -0.2) is 0 Å². The molecule has 94 valence electrons. The molecule has 0 aliphatic carbocycles. The summed E-state index contributed by atoms with van der Waals surface area (Å²) in [6, 6.07) is 12.0. The SMILES string of the molecule is CC(Cc1ccccc1)NCC1CCCCN1. The van der Waals surface area contributed by atoms with Crippen LogP contribution in [0.15, 0.2) is 30.3 Å². The van der Waals surface area contributed by atoms with Crippen LogP contribution in [0.2, 0.25) is 0 Å². The van der Waals surface area contributed by atoms with Crippen LogP contribution in [0.5, 0.6) is 0 Å². The van der Waals surface area contributed by atoms with E-state index in [0.717, 1.165) is 13.0 Å². The van der Waals surface area contributed by atoms with Gasteiger partial charge in [-0.15, -0.1) is 0 Å². The van der Waals surface area contributed by atoms with Crippen LogP contribution in [0.25, 0.3) is 0 Å². The normalized spacial score (nSPS) is 22.3. The van der Waals surface area contributed by atoms with Gasteiger partial charge in [-0.05, 0) is 38.3 Å². The summed E-state index contributed by atoms with van der Waals surface area (Å²) in [6.07, 6.45) is 5.17. The summed E-state index contributed by atoms with van der Waals surface area (Å²) in [5, 5.41) is 7.21. The average Bonchev–Trinajstić information content (AvgIpc) is 2.39. The maximum Gasteiger partial charge on any atom is 0.0192 e. The molecule has 2 heteroatoms. The highest BCUT2D eigenvalue weighted by Gasteiger charge is 2.13. The number of benzene rings is 1. The van der Waals surface area contributed by atoms with Gasteiger partial charge in [0, 0.05) is 18.6 Å². The molecule has 0 saturated carbocycles. The first-order valence-electron chi connectivity index (χ1n) is 6.85. The third kappa shape index (κ3) is 4.49. The Hall–Kier alpha value is -0.860. The second-order valence-corrected chi connectivity index (χ2v) is 5.15. The molecule has 0 amide bonds. The summed E-state index contributed by atoms with van der Waals surface area (Å²) >= 11 is 0. The molecule has 17 heavy (non-hydrogen) atoms. The van der Waals surface area contributed by atoms with Gasteiger partial charge in [0.1, 0.15) is 0 Å². The summed E-state index contributed by atoms with van der Waals surface area (Å²) in [7, 11) is 0. The number of rotatable bonds is 5. The highest BCUT2D eigenvalue weighted by molar-refractivity contribution is 5.15. The Bertz CT molecular complexity index is 304. The second kappa shape index (κ2) is 6.77. The van der Waals surface area contributed by atoms with E-state index in [-0.39, 0.29) is 0 Å². The summed E-state index contributed by atoms with van der Waals surface area (Å²) in [5.74, 6) is 0. The monoisotopic (exact) mass is 232 g/mol. The highest BCUT2D eigenvalue weighted by Crippen LogP contribution is 2.07. The van der Waals surface area contributed by atoms with Crippen molar-refractivity contribution in [1.82, 2.24) is 10.6 Å². The van der Waals surface area contributed by atoms with Crippen LogP contribution in [0.1, 0.15) is 31.7 Å². The minimum absolute atomic E-state index is 0.557. The molecule has 1 aromatic rings. The van der Waals surface area contributed by atoms with E-state index in [1.54, 1.807) is 0 Å². The Balaban J connectivity index is 1.68. The van der Waals surface area contributed by atoms with E-state index in [1.807, 2.05) is 0 Å². The van der Waals surface area contributed by atoms with Gasteiger partial charge in [-0.3, -0.25) is 0 Å². The average molecular weight is 232 g/mol. The van der Waals surface area contributed by atoms with Crippen LogP contribution < -0.4 is 10.6 Å². The molecule has 2 rings (SSSR count). The van der Waals surface area contributed by atoms with E-state index in [4.69, 9.17) is 0 Å². The maximum atomic E-state index is 3.64. The fourth-order valence-electron chi connectivity index (χ4n) is 2.48. The van der Waals surface area contributed by atoms with Crippen molar-refractivity contribution in [2.24, 2.45) is 0 Å². The molecule has 1 aliphatic rings. The van der Waals surface area contributed by atoms with Crippen LogP contribution in [-0.2, 0) is 6.42 Å². The lowest BCUT2D eigenvalue weighted by atomic mass is 10.0. The van der Waals surface area contributed by atoms with Gasteiger partial charge in [-0.1, -0.05) is 36.8 Å². The molecule has 1 saturated heterocycles. The molecular weight excluding hydrogens is 208 g/mol. The van der Waals surface area contributed by atoms with Crippen molar-refractivity contribution in [1.29, 1.82) is 0 Å². The van der Waals surface area contributed by atoms with Crippen LogP contribution in [0.4, 0.5) is 0 Å². The van der Waals surface area contributed by atoms with E-state index in [9.17, 15) is 0 Å². The first-order chi connectivity index (χ1) is 8.34. The van der Waals surface area contributed by atoms with Crippen LogP contribution >= 0.6 is 0 Å². The summed E-state index contributed by atoms with van der Waals surface area (Å²) in [6.45, 7) is 4.57. The Morgan fingerprint density at radius 2 is 2.12 bits per heavy atom. The highest BCUT2D eigenvalue weighted by atomic mass is 15.0. The van der Waals surface area contributed by atoms with Gasteiger partial charge in [0.2, 0.25) is 0 Å². The molecule has 1 heterocycles. The standard InChI is InChI=1S/C15H24N2/c1-13(11-14-7-3-2-4-8-14)17-12-15-9-5-6-10-16-15/h2-4,7-8,13,15-17H,5-6,9-12H2,1H3. The van der Waals surface area contributed by atoms with Crippen molar-refractivity contribution in [3.63, 3.8) is 0 Å². The smallest absolute Gasteiger partial charge is 0.0192 e. The van der Waals surface area contributed by atoms with Crippen LogP contribution in [-0.4, -0.2) is 25.2 Å². The summed E-state index contributed by atoms with van der Waals surface area (Å²) in [5.41, 5.74) is 1.42. The van der Waals surface area contributed by atoms with E-state index < -0.39 is 0 Å². The number of hydrogen-bond acceptors (Lipinski definition) is 2. The zero-order valence-corrected chi connectivity index (χ0v) is 10.8. The number of piperidine rings is 1. The molecule has 1 aliphatic heterocycles. The van der Waals surface area contributed by atoms with Crippen molar-refractivity contribution >= 4 is 0 Å². The molecule has 0 spiro atoms. The third-order valence-corrected chi connectivity index (χ3v) is 3.51. The van der Waals surface area contributed by atoms with Gasteiger partial charge >= 0.3 is 0 Å². The van der Waals surface area contributed by atoms with Crippen molar-refractivity contribution in [3.8, 4) is 0 Å². The van der Waals surface area contributed by atoms with E-state index in [2.05, 4.69) is 47.9 Å². The van der Waals surface area contributed by atoms with E-state index >= 15 is 0 Å². The largest absolute Gasteiger partial charge is 0.313 e. The molecule has 1 fully saturated rings. The topological polar surface area (TPSA) is 24.1 Å². The third-order valence-electron chi connectivity index (χ3n) is 3.51. The molecule has 0 radical (unpaired) electrons. The van der Waals surface area contributed by atoms with Gasteiger partial charge in [0.15, 0.2) is 0 Å². The summed E-state index contributed by atoms with van der Waals surface area (Å²) < 4.78 is 0.